The van der Waals surface area contributed by atoms with E-state index in [1.54, 1.807) is 6.08 Å². The van der Waals surface area contributed by atoms with Gasteiger partial charge in [0.25, 0.3) is 0 Å². The third-order valence-electron chi connectivity index (χ3n) is 15.8. The number of nitrogens with one attached hydrogen (secondary N) is 1. The number of aliphatic hydroxyl groups is 2. The zero-order chi connectivity index (χ0) is 56.4. The molecule has 0 aromatic carbocycles. The van der Waals surface area contributed by atoms with Gasteiger partial charge in [-0.1, -0.05) is 312 Å². The zero-order valence-electron chi connectivity index (χ0n) is 52.1. The maximum absolute atomic E-state index is 12.5. The van der Waals surface area contributed by atoms with Crippen LogP contribution >= 0.6 is 0 Å². The summed E-state index contributed by atoms with van der Waals surface area (Å²) in [5, 5.41) is 23.1. The maximum Gasteiger partial charge on any atom is 0.305 e. The second-order valence-corrected chi connectivity index (χ2v) is 23.5. The highest BCUT2D eigenvalue weighted by molar-refractivity contribution is 5.76. The molecule has 0 saturated carbocycles. The molecule has 78 heavy (non-hydrogen) atoms. The number of unbranched alkanes of at least 4 members (excludes halogenated alkanes) is 45. The van der Waals surface area contributed by atoms with Crippen LogP contribution in [-0.2, 0) is 14.3 Å². The van der Waals surface area contributed by atoms with Gasteiger partial charge in [0.15, 0.2) is 0 Å². The fourth-order valence-electron chi connectivity index (χ4n) is 10.5. The molecule has 0 fully saturated rings. The number of hydrogen-bond acceptors (Lipinski definition) is 5. The molecule has 0 aromatic heterocycles. The zero-order valence-corrected chi connectivity index (χ0v) is 52.1. The summed E-state index contributed by atoms with van der Waals surface area (Å²) in [4.78, 5) is 24.5. The second kappa shape index (κ2) is 67.1. The Hall–Kier alpha value is -2.44. The average molecular weight is 1090 g/mol. The molecule has 0 heterocycles. The first kappa shape index (κ1) is 75.6. The van der Waals surface area contributed by atoms with Crippen LogP contribution in [0.3, 0.4) is 0 Å². The summed E-state index contributed by atoms with van der Waals surface area (Å²) in [5.74, 6) is -0.0662. The lowest BCUT2D eigenvalue weighted by atomic mass is 10.0. The summed E-state index contributed by atoms with van der Waals surface area (Å²) >= 11 is 0. The molecule has 3 N–H and O–H groups in total. The van der Waals surface area contributed by atoms with E-state index in [0.29, 0.717) is 19.4 Å². The van der Waals surface area contributed by atoms with Gasteiger partial charge in [0.1, 0.15) is 0 Å². The maximum atomic E-state index is 12.5. The molecule has 0 saturated heterocycles. The van der Waals surface area contributed by atoms with Crippen LogP contribution in [0.4, 0.5) is 0 Å². The van der Waals surface area contributed by atoms with E-state index in [4.69, 9.17) is 4.74 Å². The number of hydrogen-bond donors (Lipinski definition) is 3. The highest BCUT2D eigenvalue weighted by Crippen LogP contribution is 2.17. The van der Waals surface area contributed by atoms with Gasteiger partial charge >= 0.3 is 5.97 Å². The van der Waals surface area contributed by atoms with Crippen molar-refractivity contribution in [1.29, 1.82) is 0 Å². The molecule has 2 unspecified atom stereocenters. The van der Waals surface area contributed by atoms with Crippen molar-refractivity contribution in [3.05, 3.63) is 60.8 Å². The number of amides is 1. The Kier molecular flexibility index (Phi) is 65.0. The first-order valence-corrected chi connectivity index (χ1v) is 34.6. The van der Waals surface area contributed by atoms with Crippen molar-refractivity contribution in [3.63, 3.8) is 0 Å². The normalized spacial score (nSPS) is 12.9. The van der Waals surface area contributed by atoms with Crippen molar-refractivity contribution in [2.75, 3.05) is 13.2 Å². The van der Waals surface area contributed by atoms with E-state index < -0.39 is 12.1 Å². The summed E-state index contributed by atoms with van der Waals surface area (Å²) in [6, 6.07) is -0.626. The van der Waals surface area contributed by atoms with Crippen LogP contribution in [0, 0.1) is 0 Å². The molecule has 6 nitrogen and oxygen atoms in total. The summed E-state index contributed by atoms with van der Waals surface area (Å²) in [5.41, 5.74) is 0. The number of carbonyl (C=O) groups is 2. The first-order chi connectivity index (χ1) is 38.5. The topological polar surface area (TPSA) is 95.9 Å². The third-order valence-corrected chi connectivity index (χ3v) is 15.8. The SMILES string of the molecule is CCCCC/C=C\C/C=C\CCCCCCCC(=O)OCCCCCCCCCCC/C=C\C/C=C\CCCCCCCCCCCCCCCCCCCC(=O)NC(CO)C(O)/C=C/CCCCCCCCCCCCC. The second-order valence-electron chi connectivity index (χ2n) is 23.5. The number of ether oxygens (including phenoxy) is 1. The predicted octanol–water partition coefficient (Wildman–Crippen LogP) is 22.3. The first-order valence-electron chi connectivity index (χ1n) is 34.6. The molecule has 6 heteroatoms. The van der Waals surface area contributed by atoms with Gasteiger partial charge in [-0.3, -0.25) is 9.59 Å². The monoisotopic (exact) mass is 1090 g/mol. The minimum absolute atomic E-state index is 0.000442. The smallest absolute Gasteiger partial charge is 0.305 e. The standard InChI is InChI=1S/C72H133NO5/c1-3-5-7-9-11-13-15-17-37-42-46-50-54-58-62-66-72(77)78-67-63-59-55-51-47-43-39-36-34-32-30-28-26-24-22-20-18-19-21-23-25-27-29-31-33-35-38-41-45-49-53-57-61-65-71(76)73-69(68-74)70(75)64-60-56-52-48-44-40-16-14-12-10-8-6-4-2/h11,13,17,22,24,28,30,37,60,64,69-70,74-75H,3-10,12,14-16,18-21,23,25-27,29,31-36,38-59,61-63,65-68H2,1-2H3,(H,73,76)/b13-11-,24-22-,30-28-,37-17-,64-60+. The van der Waals surface area contributed by atoms with Crippen molar-refractivity contribution >= 4 is 11.9 Å². The number of carbonyl (C=O) groups excluding carboxylic acids is 2. The van der Waals surface area contributed by atoms with Crippen LogP contribution in [0.2, 0.25) is 0 Å². The molecule has 0 aromatic rings. The quantitative estimate of drug-likeness (QED) is 0.0320. The van der Waals surface area contributed by atoms with Crippen LogP contribution in [0.1, 0.15) is 361 Å². The Morgan fingerprint density at radius 2 is 0.641 bits per heavy atom. The minimum Gasteiger partial charge on any atom is -0.466 e. The van der Waals surface area contributed by atoms with Gasteiger partial charge in [-0.2, -0.15) is 0 Å². The van der Waals surface area contributed by atoms with Crippen LogP contribution in [-0.4, -0.2) is 47.4 Å². The van der Waals surface area contributed by atoms with E-state index >= 15 is 0 Å². The summed E-state index contributed by atoms with van der Waals surface area (Å²) < 4.78 is 5.48. The lowest BCUT2D eigenvalue weighted by Gasteiger charge is -2.20. The van der Waals surface area contributed by atoms with Gasteiger partial charge in [-0.05, 0) is 96.3 Å². The molecule has 0 aliphatic rings. The Morgan fingerprint density at radius 1 is 0.359 bits per heavy atom. The van der Waals surface area contributed by atoms with Crippen LogP contribution in [0.25, 0.3) is 0 Å². The van der Waals surface area contributed by atoms with Gasteiger partial charge in [-0.25, -0.2) is 0 Å². The average Bonchev–Trinajstić information content (AvgIpc) is 3.44. The summed E-state index contributed by atoms with van der Waals surface area (Å²) in [6.07, 6.45) is 88.7. The van der Waals surface area contributed by atoms with Gasteiger partial charge in [0, 0.05) is 12.8 Å². The van der Waals surface area contributed by atoms with E-state index in [9.17, 15) is 19.8 Å². The molecule has 0 bridgehead atoms. The molecule has 0 aliphatic carbocycles. The van der Waals surface area contributed by atoms with Crippen molar-refractivity contribution < 1.29 is 24.5 Å². The Morgan fingerprint density at radius 3 is 1.00 bits per heavy atom. The van der Waals surface area contributed by atoms with E-state index in [0.717, 1.165) is 57.8 Å². The van der Waals surface area contributed by atoms with Crippen molar-refractivity contribution in [1.82, 2.24) is 5.32 Å². The Labute approximate surface area is 486 Å². The van der Waals surface area contributed by atoms with Crippen molar-refractivity contribution in [3.8, 4) is 0 Å². The summed E-state index contributed by atoms with van der Waals surface area (Å²) in [6.45, 7) is 4.88. The highest BCUT2D eigenvalue weighted by Gasteiger charge is 2.18. The highest BCUT2D eigenvalue weighted by atomic mass is 16.5. The van der Waals surface area contributed by atoms with E-state index in [2.05, 4.69) is 67.8 Å². The van der Waals surface area contributed by atoms with E-state index in [-0.39, 0.29) is 18.5 Å². The summed E-state index contributed by atoms with van der Waals surface area (Å²) in [7, 11) is 0. The van der Waals surface area contributed by atoms with Gasteiger partial charge in [0.2, 0.25) is 5.91 Å². The molecular formula is C72H133NO5. The molecule has 0 spiro atoms. The van der Waals surface area contributed by atoms with Gasteiger partial charge in [-0.15, -0.1) is 0 Å². The molecule has 1 amide bonds. The van der Waals surface area contributed by atoms with Crippen LogP contribution < -0.4 is 5.32 Å². The fourth-order valence-corrected chi connectivity index (χ4v) is 10.5. The van der Waals surface area contributed by atoms with Gasteiger partial charge in [0.05, 0.1) is 25.4 Å². The lowest BCUT2D eigenvalue weighted by Crippen LogP contribution is -2.45. The Balaban J connectivity index is 3.39. The van der Waals surface area contributed by atoms with Crippen molar-refractivity contribution in [2.45, 2.75) is 373 Å². The minimum atomic E-state index is -0.843. The van der Waals surface area contributed by atoms with Gasteiger partial charge < -0.3 is 20.3 Å². The molecule has 456 valence electrons. The van der Waals surface area contributed by atoms with Crippen molar-refractivity contribution in [2.24, 2.45) is 0 Å². The van der Waals surface area contributed by atoms with E-state index in [1.165, 1.54) is 276 Å². The largest absolute Gasteiger partial charge is 0.466 e. The lowest BCUT2D eigenvalue weighted by molar-refractivity contribution is -0.143. The Bertz CT molecular complexity index is 1350. The van der Waals surface area contributed by atoms with E-state index in [1.807, 2.05) is 6.08 Å². The van der Waals surface area contributed by atoms with Crippen LogP contribution in [0.5, 0.6) is 0 Å². The fraction of sp³-hybridized carbons (Fsp3) is 0.833. The third kappa shape index (κ3) is 62.8. The van der Waals surface area contributed by atoms with Crippen LogP contribution in [0.15, 0.2) is 60.8 Å². The number of rotatable bonds is 64. The predicted molar refractivity (Wildman–Crippen MR) is 342 cm³/mol. The number of esters is 1. The molecule has 0 rings (SSSR count). The molecule has 2 atom stereocenters. The molecule has 0 radical (unpaired) electrons. The number of aliphatic hydroxyl groups excluding tert-OH is 2. The molecular weight excluding hydrogens is 959 g/mol. The molecule has 0 aliphatic heterocycles. The number of allylic oxidation sites excluding steroid dienone is 9.